The largest absolute Gasteiger partial charge is 0.507 e. The van der Waals surface area contributed by atoms with Crippen LogP contribution in [0.4, 0.5) is 13.2 Å². The summed E-state index contributed by atoms with van der Waals surface area (Å²) >= 11 is 0. The van der Waals surface area contributed by atoms with Crippen molar-refractivity contribution in [1.82, 2.24) is 10.2 Å². The lowest BCUT2D eigenvalue weighted by molar-refractivity contribution is 0.178. The summed E-state index contributed by atoms with van der Waals surface area (Å²) in [5.41, 5.74) is -0.184. The van der Waals surface area contributed by atoms with Gasteiger partial charge < -0.3 is 10.4 Å². The first-order valence-corrected chi connectivity index (χ1v) is 5.83. The van der Waals surface area contributed by atoms with Gasteiger partial charge in [0.05, 0.1) is 0 Å². The van der Waals surface area contributed by atoms with E-state index in [2.05, 4.69) is 5.32 Å². The molecule has 0 unspecified atom stereocenters. The van der Waals surface area contributed by atoms with E-state index in [1.807, 2.05) is 4.90 Å². The molecule has 2 N–H and O–H groups in total. The summed E-state index contributed by atoms with van der Waals surface area (Å²) in [5, 5.41) is 12.7. The number of rotatable bonds is 2. The van der Waals surface area contributed by atoms with E-state index < -0.39 is 29.2 Å². The van der Waals surface area contributed by atoms with Crippen LogP contribution in [0.2, 0.25) is 0 Å². The van der Waals surface area contributed by atoms with Gasteiger partial charge in [0, 0.05) is 43.9 Å². The van der Waals surface area contributed by atoms with Crippen LogP contribution < -0.4 is 5.32 Å². The molecule has 0 bridgehead atoms. The Morgan fingerprint density at radius 1 is 1.22 bits per heavy atom. The van der Waals surface area contributed by atoms with Gasteiger partial charge in [-0.25, -0.2) is 13.2 Å². The topological polar surface area (TPSA) is 35.5 Å². The van der Waals surface area contributed by atoms with Crippen molar-refractivity contribution in [3.8, 4) is 5.75 Å². The quantitative estimate of drug-likeness (QED) is 0.796. The van der Waals surface area contributed by atoms with Gasteiger partial charge in [-0.05, 0) is 6.92 Å². The summed E-state index contributed by atoms with van der Waals surface area (Å²) in [4.78, 5) is 1.91. The maximum Gasteiger partial charge on any atom is 0.195 e. The van der Waals surface area contributed by atoms with Crippen molar-refractivity contribution < 1.29 is 18.3 Å². The molecule has 100 valence electrons. The molecular weight excluding hydrogens is 245 g/mol. The first-order valence-electron chi connectivity index (χ1n) is 5.83. The molecule has 0 amide bonds. The van der Waals surface area contributed by atoms with E-state index >= 15 is 0 Å². The van der Waals surface area contributed by atoms with Crippen molar-refractivity contribution in [2.75, 3.05) is 26.2 Å². The lowest BCUT2D eigenvalue weighted by Crippen LogP contribution is -2.44. The molecule has 0 radical (unpaired) electrons. The first kappa shape index (κ1) is 13.2. The number of aromatic hydroxyl groups is 1. The minimum absolute atomic E-state index is 0.184. The average Bonchev–Trinajstić information content (AvgIpc) is 2.37. The molecule has 1 heterocycles. The number of benzene rings is 1. The zero-order valence-corrected chi connectivity index (χ0v) is 10.0. The molecule has 0 spiro atoms. The van der Waals surface area contributed by atoms with E-state index in [1.54, 1.807) is 6.92 Å². The zero-order chi connectivity index (χ0) is 13.3. The zero-order valence-electron chi connectivity index (χ0n) is 10.0. The summed E-state index contributed by atoms with van der Waals surface area (Å²) in [6.45, 7) is 4.49. The summed E-state index contributed by atoms with van der Waals surface area (Å²) in [7, 11) is 0. The van der Waals surface area contributed by atoms with Crippen LogP contribution in [0.25, 0.3) is 0 Å². The summed E-state index contributed by atoms with van der Waals surface area (Å²) < 4.78 is 39.8. The van der Waals surface area contributed by atoms with Gasteiger partial charge in [-0.2, -0.15) is 0 Å². The molecule has 0 saturated carbocycles. The number of halogens is 3. The predicted molar refractivity (Wildman–Crippen MR) is 60.8 cm³/mol. The fourth-order valence-electron chi connectivity index (χ4n) is 2.25. The van der Waals surface area contributed by atoms with Crippen LogP contribution in [0, 0.1) is 17.5 Å². The van der Waals surface area contributed by atoms with Gasteiger partial charge in [-0.1, -0.05) is 0 Å². The Hall–Kier alpha value is -1.27. The molecule has 2 rings (SSSR count). The van der Waals surface area contributed by atoms with E-state index in [9.17, 15) is 18.3 Å². The summed E-state index contributed by atoms with van der Waals surface area (Å²) in [5.74, 6) is -4.76. The fraction of sp³-hybridized carbons (Fsp3) is 0.500. The Balaban J connectivity index is 2.34. The summed E-state index contributed by atoms with van der Waals surface area (Å²) in [6.07, 6.45) is 0. The third-order valence-electron chi connectivity index (χ3n) is 3.30. The molecule has 1 aromatic rings. The van der Waals surface area contributed by atoms with Gasteiger partial charge in [0.1, 0.15) is 5.75 Å². The number of phenolic OH excluding ortho intramolecular Hbond substituents is 1. The van der Waals surface area contributed by atoms with Crippen LogP contribution in [-0.2, 0) is 0 Å². The van der Waals surface area contributed by atoms with Crippen molar-refractivity contribution >= 4 is 0 Å². The molecule has 6 heteroatoms. The van der Waals surface area contributed by atoms with Crippen LogP contribution in [0.15, 0.2) is 6.07 Å². The minimum atomic E-state index is -1.54. The van der Waals surface area contributed by atoms with E-state index in [4.69, 9.17) is 0 Å². The van der Waals surface area contributed by atoms with Gasteiger partial charge in [-0.15, -0.1) is 0 Å². The number of hydrogen-bond donors (Lipinski definition) is 2. The van der Waals surface area contributed by atoms with Crippen molar-refractivity contribution in [1.29, 1.82) is 0 Å². The highest BCUT2D eigenvalue weighted by Gasteiger charge is 2.27. The lowest BCUT2D eigenvalue weighted by atomic mass is 10.0. The van der Waals surface area contributed by atoms with Crippen LogP contribution in [0.5, 0.6) is 5.75 Å². The molecule has 0 aromatic heterocycles. The van der Waals surface area contributed by atoms with E-state index in [1.165, 1.54) is 0 Å². The summed E-state index contributed by atoms with van der Waals surface area (Å²) in [6, 6.07) is 0.120. The SMILES string of the molecule is C[C@H](c1c(O)cc(F)c(F)c1F)N1CCNCC1. The second-order valence-corrected chi connectivity index (χ2v) is 4.38. The highest BCUT2D eigenvalue weighted by molar-refractivity contribution is 5.37. The second kappa shape index (κ2) is 5.16. The third kappa shape index (κ3) is 2.30. The van der Waals surface area contributed by atoms with Gasteiger partial charge in [-0.3, -0.25) is 4.90 Å². The standard InChI is InChI=1S/C12H15F3N2O/c1-7(17-4-2-16-3-5-17)10-9(18)6-8(13)11(14)12(10)15/h6-7,16,18H,2-5H2,1H3/t7-/m1/s1. The number of nitrogens with one attached hydrogen (secondary N) is 1. The number of nitrogens with zero attached hydrogens (tertiary/aromatic N) is 1. The second-order valence-electron chi connectivity index (χ2n) is 4.38. The molecule has 1 aromatic carbocycles. The lowest BCUT2D eigenvalue weighted by Gasteiger charge is -2.33. The van der Waals surface area contributed by atoms with Crippen LogP contribution in [0.1, 0.15) is 18.5 Å². The monoisotopic (exact) mass is 260 g/mol. The van der Waals surface area contributed by atoms with Gasteiger partial charge in [0.15, 0.2) is 17.5 Å². The average molecular weight is 260 g/mol. The van der Waals surface area contributed by atoms with Crippen LogP contribution in [-0.4, -0.2) is 36.2 Å². The fourth-order valence-corrected chi connectivity index (χ4v) is 2.25. The van der Waals surface area contributed by atoms with E-state index in [0.29, 0.717) is 19.2 Å². The molecular formula is C12H15F3N2O. The Labute approximate surface area is 103 Å². The molecule has 1 aliphatic rings. The first-order chi connectivity index (χ1) is 8.52. The van der Waals surface area contributed by atoms with E-state index in [-0.39, 0.29) is 5.56 Å². The molecule has 0 aliphatic carbocycles. The van der Waals surface area contributed by atoms with Crippen LogP contribution in [0.3, 0.4) is 0 Å². The highest BCUT2D eigenvalue weighted by atomic mass is 19.2. The van der Waals surface area contributed by atoms with Crippen molar-refractivity contribution in [2.24, 2.45) is 0 Å². The molecule has 3 nitrogen and oxygen atoms in total. The van der Waals surface area contributed by atoms with Crippen molar-refractivity contribution in [3.63, 3.8) is 0 Å². The predicted octanol–water partition coefficient (Wildman–Crippen LogP) is 1.78. The smallest absolute Gasteiger partial charge is 0.195 e. The van der Waals surface area contributed by atoms with Crippen LogP contribution >= 0.6 is 0 Å². The van der Waals surface area contributed by atoms with Gasteiger partial charge in [0.2, 0.25) is 0 Å². The molecule has 18 heavy (non-hydrogen) atoms. The third-order valence-corrected chi connectivity index (χ3v) is 3.30. The molecule has 1 aliphatic heterocycles. The number of hydrogen-bond acceptors (Lipinski definition) is 3. The molecule has 1 atom stereocenters. The highest BCUT2D eigenvalue weighted by Crippen LogP contribution is 2.33. The van der Waals surface area contributed by atoms with Gasteiger partial charge in [0.25, 0.3) is 0 Å². The van der Waals surface area contributed by atoms with Crippen molar-refractivity contribution in [3.05, 3.63) is 29.1 Å². The minimum Gasteiger partial charge on any atom is -0.507 e. The Morgan fingerprint density at radius 2 is 1.83 bits per heavy atom. The number of piperazine rings is 1. The maximum atomic E-state index is 13.7. The normalized spacial score (nSPS) is 18.9. The molecule has 1 saturated heterocycles. The maximum absolute atomic E-state index is 13.7. The number of phenols is 1. The Morgan fingerprint density at radius 3 is 2.44 bits per heavy atom. The van der Waals surface area contributed by atoms with Crippen molar-refractivity contribution in [2.45, 2.75) is 13.0 Å². The molecule has 1 fully saturated rings. The van der Waals surface area contributed by atoms with Gasteiger partial charge >= 0.3 is 0 Å². The Bertz CT molecular complexity index is 447. The Kier molecular flexibility index (Phi) is 3.77. The van der Waals surface area contributed by atoms with E-state index in [0.717, 1.165) is 13.1 Å².